The summed E-state index contributed by atoms with van der Waals surface area (Å²) in [4.78, 5) is 11.2. The van der Waals surface area contributed by atoms with Gasteiger partial charge < -0.3 is 4.74 Å². The van der Waals surface area contributed by atoms with Gasteiger partial charge in [0.2, 0.25) is 0 Å². The van der Waals surface area contributed by atoms with Crippen molar-refractivity contribution < 1.29 is 17.9 Å². The van der Waals surface area contributed by atoms with Gasteiger partial charge in [-0.3, -0.25) is 4.79 Å². The van der Waals surface area contributed by atoms with Gasteiger partial charge >= 0.3 is 0 Å². The minimum absolute atomic E-state index is 0.0253. The van der Waals surface area contributed by atoms with Gasteiger partial charge in [-0.05, 0) is 12.8 Å². The highest BCUT2D eigenvalue weighted by atomic mass is 32.2. The van der Waals surface area contributed by atoms with Crippen molar-refractivity contribution in [2.24, 2.45) is 5.92 Å². The fraction of sp³-hybridized carbons (Fsp3) is 0.875. The lowest BCUT2D eigenvalue weighted by atomic mass is 10.3. The Balaban J connectivity index is 2.36. The molecule has 1 rings (SSSR count). The monoisotopic (exact) mass is 206 g/mol. The van der Waals surface area contributed by atoms with Gasteiger partial charge in [0, 0.05) is 13.0 Å². The van der Waals surface area contributed by atoms with Crippen molar-refractivity contribution in [2.75, 3.05) is 25.2 Å². The average Bonchev–Trinajstić information content (AvgIpc) is 2.82. The molecule has 1 aliphatic carbocycles. The van der Waals surface area contributed by atoms with Crippen molar-refractivity contribution in [2.45, 2.75) is 12.8 Å². The number of ether oxygens (including phenoxy) is 1. The van der Waals surface area contributed by atoms with Crippen LogP contribution in [0.15, 0.2) is 0 Å². The van der Waals surface area contributed by atoms with E-state index in [-0.39, 0.29) is 29.8 Å². The third kappa shape index (κ3) is 3.87. The molecule has 76 valence electrons. The van der Waals surface area contributed by atoms with E-state index in [4.69, 9.17) is 0 Å². The Morgan fingerprint density at radius 2 is 2.08 bits per heavy atom. The summed E-state index contributed by atoms with van der Waals surface area (Å²) >= 11 is 0. The van der Waals surface area contributed by atoms with E-state index in [1.165, 1.54) is 7.11 Å². The lowest BCUT2D eigenvalue weighted by Crippen LogP contribution is -2.22. The Morgan fingerprint density at radius 3 is 2.54 bits per heavy atom. The van der Waals surface area contributed by atoms with Gasteiger partial charge in [-0.2, -0.15) is 0 Å². The number of carbonyl (C=O) groups excluding carboxylic acids is 1. The second-order valence-electron chi connectivity index (χ2n) is 3.33. The first-order valence-corrected chi connectivity index (χ1v) is 6.09. The van der Waals surface area contributed by atoms with Crippen LogP contribution in [0.1, 0.15) is 12.8 Å². The van der Waals surface area contributed by atoms with Gasteiger partial charge in [-0.15, -0.1) is 0 Å². The fourth-order valence-electron chi connectivity index (χ4n) is 1.02. The normalized spacial score (nSPS) is 17.3. The number of sulfone groups is 1. The number of methoxy groups -OCH3 is 1. The van der Waals surface area contributed by atoms with Gasteiger partial charge in [0.15, 0.2) is 15.6 Å². The molecular formula is C8H14O4S. The van der Waals surface area contributed by atoms with Crippen LogP contribution >= 0.6 is 0 Å². The van der Waals surface area contributed by atoms with Crippen molar-refractivity contribution in [3.05, 3.63) is 0 Å². The molecule has 0 saturated heterocycles. The van der Waals surface area contributed by atoms with Crippen LogP contribution in [0.5, 0.6) is 0 Å². The van der Waals surface area contributed by atoms with Gasteiger partial charge in [0.1, 0.15) is 5.75 Å². The van der Waals surface area contributed by atoms with Crippen LogP contribution in [0.4, 0.5) is 0 Å². The molecule has 0 bridgehead atoms. The second-order valence-corrected chi connectivity index (χ2v) is 5.51. The van der Waals surface area contributed by atoms with Crippen LogP contribution in [0, 0.1) is 5.92 Å². The molecule has 4 nitrogen and oxygen atoms in total. The first-order valence-electron chi connectivity index (χ1n) is 4.27. The minimum atomic E-state index is -3.22. The molecule has 0 unspecified atom stereocenters. The van der Waals surface area contributed by atoms with Crippen LogP contribution in [-0.2, 0) is 19.4 Å². The molecular weight excluding hydrogens is 192 g/mol. The van der Waals surface area contributed by atoms with Crippen LogP contribution in [-0.4, -0.2) is 39.4 Å². The van der Waals surface area contributed by atoms with Gasteiger partial charge in [0.05, 0.1) is 12.4 Å². The highest BCUT2D eigenvalue weighted by Gasteiger charge is 2.32. The topological polar surface area (TPSA) is 60.4 Å². The number of hydrogen-bond donors (Lipinski definition) is 0. The minimum Gasteiger partial charge on any atom is -0.384 e. The molecule has 0 N–H and O–H groups in total. The Kier molecular flexibility index (Phi) is 3.44. The molecule has 0 amide bonds. The number of carbonyl (C=O) groups is 1. The zero-order valence-corrected chi connectivity index (χ0v) is 8.47. The van der Waals surface area contributed by atoms with E-state index >= 15 is 0 Å². The summed E-state index contributed by atoms with van der Waals surface area (Å²) < 4.78 is 27.1. The van der Waals surface area contributed by atoms with Crippen molar-refractivity contribution in [1.82, 2.24) is 0 Å². The molecule has 0 aromatic heterocycles. The summed E-state index contributed by atoms with van der Waals surface area (Å²) in [6.45, 7) is 0.167. The van der Waals surface area contributed by atoms with E-state index in [1.807, 2.05) is 0 Å². The van der Waals surface area contributed by atoms with E-state index in [2.05, 4.69) is 4.74 Å². The molecule has 0 aromatic carbocycles. The van der Waals surface area contributed by atoms with Crippen LogP contribution in [0.25, 0.3) is 0 Å². The predicted octanol–water partition coefficient (Wildman–Crippen LogP) is 0.0267. The Hall–Kier alpha value is -0.420. The maximum absolute atomic E-state index is 11.2. The molecule has 13 heavy (non-hydrogen) atoms. The van der Waals surface area contributed by atoms with Gasteiger partial charge in [0.25, 0.3) is 0 Å². The molecule has 0 atom stereocenters. The third-order valence-corrected chi connectivity index (χ3v) is 3.51. The molecule has 0 aliphatic heterocycles. The zero-order chi connectivity index (χ0) is 9.90. The van der Waals surface area contributed by atoms with Crippen molar-refractivity contribution >= 4 is 15.6 Å². The molecule has 1 fully saturated rings. The molecule has 0 aromatic rings. The largest absolute Gasteiger partial charge is 0.384 e. The highest BCUT2D eigenvalue weighted by molar-refractivity contribution is 7.92. The summed E-state index contributed by atoms with van der Waals surface area (Å²) in [5.41, 5.74) is 0. The third-order valence-electron chi connectivity index (χ3n) is 1.99. The lowest BCUT2D eigenvalue weighted by Gasteiger charge is -2.01. The predicted molar refractivity (Wildman–Crippen MR) is 48.3 cm³/mol. The molecule has 1 saturated carbocycles. The molecule has 0 spiro atoms. The summed E-state index contributed by atoms with van der Waals surface area (Å²) in [6, 6.07) is 0. The van der Waals surface area contributed by atoms with Crippen molar-refractivity contribution in [3.8, 4) is 0 Å². The van der Waals surface area contributed by atoms with Crippen LogP contribution in [0.2, 0.25) is 0 Å². The first kappa shape index (κ1) is 10.7. The van der Waals surface area contributed by atoms with E-state index in [1.54, 1.807) is 0 Å². The Morgan fingerprint density at radius 1 is 1.46 bits per heavy atom. The van der Waals surface area contributed by atoms with E-state index < -0.39 is 9.84 Å². The lowest BCUT2D eigenvalue weighted by molar-refractivity contribution is -0.117. The summed E-state index contributed by atoms with van der Waals surface area (Å²) in [7, 11) is -1.78. The van der Waals surface area contributed by atoms with Gasteiger partial charge in [-0.25, -0.2) is 8.42 Å². The molecule has 5 heteroatoms. The number of hydrogen-bond acceptors (Lipinski definition) is 4. The average molecular weight is 206 g/mol. The SMILES string of the molecule is COCCS(=O)(=O)CC(=O)C1CC1. The Bertz CT molecular complexity index is 277. The van der Waals surface area contributed by atoms with Crippen molar-refractivity contribution in [3.63, 3.8) is 0 Å². The second kappa shape index (κ2) is 4.19. The Labute approximate surface area is 78.2 Å². The van der Waals surface area contributed by atoms with Crippen molar-refractivity contribution in [1.29, 1.82) is 0 Å². The first-order chi connectivity index (χ1) is 6.05. The maximum atomic E-state index is 11.2. The molecule has 0 radical (unpaired) electrons. The van der Waals surface area contributed by atoms with E-state index in [0.717, 1.165) is 12.8 Å². The number of rotatable bonds is 6. The summed E-state index contributed by atoms with van der Waals surface area (Å²) in [5, 5.41) is 0. The fourth-order valence-corrected chi connectivity index (χ4v) is 2.26. The zero-order valence-electron chi connectivity index (χ0n) is 7.65. The number of Topliss-reactive ketones (excluding diaryl/α,β-unsaturated/α-hetero) is 1. The summed E-state index contributed by atoms with van der Waals surface area (Å²) in [6.07, 6.45) is 1.72. The standard InChI is InChI=1S/C8H14O4S/c1-12-4-5-13(10,11)6-8(9)7-2-3-7/h7H,2-6H2,1H3. The molecule has 0 heterocycles. The highest BCUT2D eigenvalue weighted by Crippen LogP contribution is 2.30. The smallest absolute Gasteiger partial charge is 0.159 e. The quantitative estimate of drug-likeness (QED) is 0.615. The maximum Gasteiger partial charge on any atom is 0.159 e. The van der Waals surface area contributed by atoms with E-state index in [0.29, 0.717) is 0 Å². The molecule has 1 aliphatic rings. The van der Waals surface area contributed by atoms with Crippen LogP contribution < -0.4 is 0 Å². The summed E-state index contributed by atoms with van der Waals surface area (Å²) in [5.74, 6) is -0.461. The number of ketones is 1. The van der Waals surface area contributed by atoms with E-state index in [9.17, 15) is 13.2 Å². The van der Waals surface area contributed by atoms with Crippen LogP contribution in [0.3, 0.4) is 0 Å². The van der Waals surface area contributed by atoms with Gasteiger partial charge in [-0.1, -0.05) is 0 Å².